The zero-order valence-electron chi connectivity index (χ0n) is 34.6. The van der Waals surface area contributed by atoms with E-state index >= 15 is 0 Å². The van der Waals surface area contributed by atoms with Crippen LogP contribution in [0.4, 0.5) is 0 Å². The predicted molar refractivity (Wildman–Crippen MR) is 270 cm³/mol. The molecule has 0 spiro atoms. The Labute approximate surface area is 368 Å². The summed E-state index contributed by atoms with van der Waals surface area (Å²) >= 11 is 0. The van der Waals surface area contributed by atoms with Crippen molar-refractivity contribution >= 4 is 72.4 Å². The zero-order chi connectivity index (χ0) is 41.7. The molecule has 0 unspecified atom stereocenters. The van der Waals surface area contributed by atoms with Crippen LogP contribution >= 0.6 is 0 Å². The van der Waals surface area contributed by atoms with Gasteiger partial charge in [0.15, 0.2) is 8.07 Å². The Bertz CT molecular complexity index is 3500. The highest BCUT2D eigenvalue weighted by Crippen LogP contribution is 2.39. The van der Waals surface area contributed by atoms with Gasteiger partial charge in [-0.05, 0) is 85.5 Å². The number of hydrogen-bond acceptors (Lipinski definition) is 0. The molecule has 0 bridgehead atoms. The molecule has 0 aliphatic heterocycles. The van der Waals surface area contributed by atoms with Crippen LogP contribution in [0.2, 0.25) is 0 Å². The number of benzene rings is 10. The summed E-state index contributed by atoms with van der Waals surface area (Å²) < 4.78 is 4.98. The number of para-hydroxylation sites is 1. The average Bonchev–Trinajstić information content (AvgIpc) is 3.87. The second-order valence-electron chi connectivity index (χ2n) is 16.5. The summed E-state index contributed by atoms with van der Waals surface area (Å²) in [5.74, 6) is 0. The van der Waals surface area contributed by atoms with Crippen LogP contribution in [0.25, 0.3) is 77.2 Å². The molecule has 2 aromatic heterocycles. The molecule has 0 atom stereocenters. The molecule has 12 aromatic rings. The molecule has 0 radical (unpaired) electrons. The van der Waals surface area contributed by atoms with E-state index in [-0.39, 0.29) is 0 Å². The van der Waals surface area contributed by atoms with Gasteiger partial charge in [-0.2, -0.15) is 0 Å². The van der Waals surface area contributed by atoms with Gasteiger partial charge in [0.1, 0.15) is 0 Å². The van der Waals surface area contributed by atoms with Crippen LogP contribution in [0.15, 0.2) is 255 Å². The van der Waals surface area contributed by atoms with E-state index in [0.29, 0.717) is 0 Å². The monoisotopic (exact) mass is 818 g/mol. The quantitative estimate of drug-likeness (QED) is 0.107. The van der Waals surface area contributed by atoms with Crippen LogP contribution < -0.4 is 20.7 Å². The summed E-state index contributed by atoms with van der Waals surface area (Å²) in [4.78, 5) is 0. The van der Waals surface area contributed by atoms with Crippen molar-refractivity contribution in [2.24, 2.45) is 0 Å². The van der Waals surface area contributed by atoms with Gasteiger partial charge in [0.05, 0.1) is 22.1 Å². The number of rotatable bonds is 8. The van der Waals surface area contributed by atoms with Gasteiger partial charge in [0.2, 0.25) is 0 Å². The van der Waals surface area contributed by atoms with Gasteiger partial charge in [-0.1, -0.05) is 212 Å². The third-order valence-corrected chi connectivity index (χ3v) is 17.8. The molecule has 3 heteroatoms. The molecule has 0 aliphatic carbocycles. The zero-order valence-corrected chi connectivity index (χ0v) is 35.6. The summed E-state index contributed by atoms with van der Waals surface area (Å²) in [6, 6.07) is 94.3. The SMILES string of the molecule is c1ccc(-c2cccc(-n3c4cc(-c5ccccc5)ccc4c4ccc(-n5c6ccccc6c6ccc([Si](c7ccccc7)(c7ccccc7)c7ccccc7)cc65)cc43)c2)cc1. The predicted octanol–water partition coefficient (Wildman–Crippen LogP) is 12.6. The van der Waals surface area contributed by atoms with Crippen LogP contribution in [-0.2, 0) is 0 Å². The van der Waals surface area contributed by atoms with Crippen LogP contribution in [0.3, 0.4) is 0 Å². The van der Waals surface area contributed by atoms with Crippen LogP contribution in [-0.4, -0.2) is 17.2 Å². The Balaban J connectivity index is 1.14. The minimum absolute atomic E-state index is 1.13. The van der Waals surface area contributed by atoms with E-state index in [1.54, 1.807) is 0 Å². The van der Waals surface area contributed by atoms with Gasteiger partial charge in [0, 0.05) is 32.9 Å². The Morgan fingerprint density at radius 3 is 1.24 bits per heavy atom. The molecule has 63 heavy (non-hydrogen) atoms. The first-order valence-electron chi connectivity index (χ1n) is 21.8. The van der Waals surface area contributed by atoms with E-state index in [0.717, 1.165) is 11.4 Å². The number of fused-ring (bicyclic) bond motifs is 6. The molecule has 0 aliphatic rings. The Hall–Kier alpha value is -7.98. The number of nitrogens with zero attached hydrogens (tertiary/aromatic N) is 2. The summed E-state index contributed by atoms with van der Waals surface area (Å²) in [6.07, 6.45) is 0. The number of aromatic nitrogens is 2. The van der Waals surface area contributed by atoms with Crippen molar-refractivity contribution in [3.8, 4) is 33.6 Å². The second kappa shape index (κ2) is 15.2. The summed E-state index contributed by atoms with van der Waals surface area (Å²) in [5, 5.41) is 10.4. The maximum absolute atomic E-state index is 2.79. The summed E-state index contributed by atoms with van der Waals surface area (Å²) in [5.41, 5.74) is 11.8. The Morgan fingerprint density at radius 2 is 0.635 bits per heavy atom. The van der Waals surface area contributed by atoms with Crippen molar-refractivity contribution in [2.45, 2.75) is 0 Å². The standard InChI is InChI=1S/C60H42N2Si/c1-6-19-43(20-7-1)45-23-18-24-47(39-45)62-58-40-46(44-21-8-2-9-22-44)33-36-54(58)55-37-34-48(41-59(55)62)61-57-32-17-16-31-53(57)56-38-35-52(42-60(56)61)63(49-25-10-3-11-26-49,50-27-12-4-13-28-50)51-29-14-5-15-30-51/h1-42H. The normalized spacial score (nSPS) is 11.8. The van der Waals surface area contributed by atoms with E-state index in [4.69, 9.17) is 0 Å². The summed E-state index contributed by atoms with van der Waals surface area (Å²) in [7, 11) is -2.79. The fourth-order valence-electron chi connectivity index (χ4n) is 10.2. The van der Waals surface area contributed by atoms with Gasteiger partial charge in [-0.15, -0.1) is 0 Å². The van der Waals surface area contributed by atoms with Crippen LogP contribution in [0.5, 0.6) is 0 Å². The van der Waals surface area contributed by atoms with Crippen LogP contribution in [0, 0.1) is 0 Å². The van der Waals surface area contributed by atoms with E-state index in [1.165, 1.54) is 86.6 Å². The van der Waals surface area contributed by atoms with Gasteiger partial charge >= 0.3 is 0 Å². The molecule has 12 rings (SSSR count). The van der Waals surface area contributed by atoms with Crippen molar-refractivity contribution < 1.29 is 0 Å². The van der Waals surface area contributed by atoms with E-state index in [9.17, 15) is 0 Å². The first kappa shape index (κ1) is 36.8. The highest BCUT2D eigenvalue weighted by molar-refractivity contribution is 7.20. The van der Waals surface area contributed by atoms with Gasteiger partial charge < -0.3 is 9.13 Å². The summed E-state index contributed by atoms with van der Waals surface area (Å²) in [6.45, 7) is 0. The highest BCUT2D eigenvalue weighted by Gasteiger charge is 2.41. The molecule has 0 fully saturated rings. The molecule has 10 aromatic carbocycles. The molecule has 0 N–H and O–H groups in total. The lowest BCUT2D eigenvalue weighted by Gasteiger charge is -2.34. The molecule has 296 valence electrons. The largest absolute Gasteiger partial charge is 0.309 e. The molecular formula is C60H42N2Si. The van der Waals surface area contributed by atoms with Crippen molar-refractivity contribution in [1.29, 1.82) is 0 Å². The maximum atomic E-state index is 2.52. The lowest BCUT2D eigenvalue weighted by molar-refractivity contribution is 1.16. The number of hydrogen-bond donors (Lipinski definition) is 0. The first-order valence-corrected chi connectivity index (χ1v) is 23.8. The van der Waals surface area contributed by atoms with E-state index < -0.39 is 8.07 Å². The molecule has 0 amide bonds. The lowest BCUT2D eigenvalue weighted by atomic mass is 10.0. The average molecular weight is 819 g/mol. The fraction of sp³-hybridized carbons (Fsp3) is 0. The highest BCUT2D eigenvalue weighted by atomic mass is 28.3. The van der Waals surface area contributed by atoms with Gasteiger partial charge in [-0.3, -0.25) is 0 Å². The fourth-order valence-corrected chi connectivity index (χ4v) is 15.0. The van der Waals surface area contributed by atoms with Gasteiger partial charge in [0.25, 0.3) is 0 Å². The molecule has 2 heterocycles. The Kier molecular flexibility index (Phi) is 8.87. The maximum Gasteiger partial charge on any atom is 0.179 e. The lowest BCUT2D eigenvalue weighted by Crippen LogP contribution is -2.74. The van der Waals surface area contributed by atoms with Crippen molar-refractivity contribution in [3.63, 3.8) is 0 Å². The van der Waals surface area contributed by atoms with Crippen molar-refractivity contribution in [2.75, 3.05) is 0 Å². The third-order valence-electron chi connectivity index (χ3n) is 13.1. The smallest absolute Gasteiger partial charge is 0.179 e. The van der Waals surface area contributed by atoms with Crippen molar-refractivity contribution in [3.05, 3.63) is 255 Å². The molecule has 0 saturated carbocycles. The van der Waals surface area contributed by atoms with Crippen LogP contribution in [0.1, 0.15) is 0 Å². The minimum Gasteiger partial charge on any atom is -0.309 e. The second-order valence-corrected chi connectivity index (χ2v) is 20.3. The van der Waals surface area contributed by atoms with E-state index in [1.807, 2.05) is 0 Å². The Morgan fingerprint density at radius 1 is 0.222 bits per heavy atom. The topological polar surface area (TPSA) is 9.86 Å². The van der Waals surface area contributed by atoms with E-state index in [2.05, 4.69) is 264 Å². The molecular weight excluding hydrogens is 777 g/mol. The van der Waals surface area contributed by atoms with Gasteiger partial charge in [-0.25, -0.2) is 0 Å². The third kappa shape index (κ3) is 6.00. The molecule has 2 nitrogen and oxygen atoms in total. The molecule has 0 saturated heterocycles. The first-order chi connectivity index (χ1) is 31.3. The van der Waals surface area contributed by atoms with Crippen molar-refractivity contribution in [1.82, 2.24) is 9.13 Å². The minimum atomic E-state index is -2.79.